The highest BCUT2D eigenvalue weighted by Crippen LogP contribution is 2.24. The molecule has 4 rings (SSSR count). The number of carbonyl (C=O) groups is 2. The molecular formula is C21H27N5O2. The fourth-order valence-corrected chi connectivity index (χ4v) is 4.06. The first-order valence-electron chi connectivity index (χ1n) is 9.98. The Balaban J connectivity index is 1.38. The lowest BCUT2D eigenvalue weighted by atomic mass is 9.96. The highest BCUT2D eigenvalue weighted by atomic mass is 16.2. The minimum absolute atomic E-state index is 0.0167. The Labute approximate surface area is 165 Å². The van der Waals surface area contributed by atoms with E-state index in [0.29, 0.717) is 24.5 Å². The summed E-state index contributed by atoms with van der Waals surface area (Å²) in [6.45, 7) is 6.66. The van der Waals surface area contributed by atoms with E-state index in [2.05, 4.69) is 40.6 Å². The van der Waals surface area contributed by atoms with Crippen LogP contribution in [-0.4, -0.2) is 57.1 Å². The van der Waals surface area contributed by atoms with Crippen LogP contribution in [-0.2, 0) is 16.1 Å². The van der Waals surface area contributed by atoms with E-state index < -0.39 is 0 Å². The molecule has 2 aliphatic heterocycles. The lowest BCUT2D eigenvalue weighted by molar-refractivity contribution is -0.130. The second-order valence-corrected chi connectivity index (χ2v) is 8.02. The van der Waals surface area contributed by atoms with E-state index in [0.717, 1.165) is 38.0 Å². The Morgan fingerprint density at radius 2 is 1.86 bits per heavy atom. The fourth-order valence-electron chi connectivity index (χ4n) is 4.06. The maximum atomic E-state index is 12.7. The molecule has 0 saturated carbocycles. The van der Waals surface area contributed by atoms with E-state index in [1.165, 1.54) is 21.7 Å². The molecule has 1 saturated heterocycles. The molecule has 7 heteroatoms. The number of amides is 2. The first-order chi connectivity index (χ1) is 13.4. The average molecular weight is 381 g/mol. The summed E-state index contributed by atoms with van der Waals surface area (Å²) in [5.41, 5.74) is 5.29. The Morgan fingerprint density at radius 3 is 2.57 bits per heavy atom. The van der Waals surface area contributed by atoms with Crippen molar-refractivity contribution in [3.8, 4) is 0 Å². The van der Waals surface area contributed by atoms with Crippen LogP contribution in [0, 0.1) is 19.8 Å². The standard InChI is InChI=1S/C21H27N5O2/c1-14-10-18-19(11-15(14)2)26(13-22-18)12-16-6-8-25(9-7-16)21(28)17-4-5-20(27)24(3)23-17/h10-11,13,16H,4-9,12H2,1-3H3. The number of rotatable bonds is 3. The summed E-state index contributed by atoms with van der Waals surface area (Å²) in [6, 6.07) is 4.37. The van der Waals surface area contributed by atoms with Crippen molar-refractivity contribution in [3.63, 3.8) is 0 Å². The Kier molecular flexibility index (Phi) is 4.91. The summed E-state index contributed by atoms with van der Waals surface area (Å²) in [7, 11) is 1.61. The van der Waals surface area contributed by atoms with Crippen molar-refractivity contribution in [3.05, 3.63) is 29.6 Å². The van der Waals surface area contributed by atoms with Gasteiger partial charge in [-0.15, -0.1) is 0 Å². The molecule has 1 aromatic carbocycles. The third kappa shape index (κ3) is 3.53. The van der Waals surface area contributed by atoms with Crippen molar-refractivity contribution < 1.29 is 9.59 Å². The van der Waals surface area contributed by atoms with Crippen molar-refractivity contribution in [2.45, 2.75) is 46.1 Å². The summed E-state index contributed by atoms with van der Waals surface area (Å²) in [5.74, 6) is 0.478. The Morgan fingerprint density at radius 1 is 1.14 bits per heavy atom. The molecule has 0 unspecified atom stereocenters. The lowest BCUT2D eigenvalue weighted by Crippen LogP contribution is -2.44. The first-order valence-corrected chi connectivity index (χ1v) is 9.98. The van der Waals surface area contributed by atoms with Crippen LogP contribution in [0.1, 0.15) is 36.8 Å². The van der Waals surface area contributed by atoms with Crippen LogP contribution in [0.5, 0.6) is 0 Å². The van der Waals surface area contributed by atoms with Gasteiger partial charge in [-0.05, 0) is 55.9 Å². The minimum atomic E-state index is -0.0340. The van der Waals surface area contributed by atoms with Crippen molar-refractivity contribution in [1.29, 1.82) is 0 Å². The molecule has 2 aromatic rings. The predicted molar refractivity (Wildman–Crippen MR) is 108 cm³/mol. The third-order valence-electron chi connectivity index (χ3n) is 6.05. The SMILES string of the molecule is Cc1cc2ncn(CC3CCN(C(=O)C4=NN(C)C(=O)CC4)CC3)c2cc1C. The smallest absolute Gasteiger partial charge is 0.270 e. The van der Waals surface area contributed by atoms with E-state index in [9.17, 15) is 9.59 Å². The number of hydrogen-bond donors (Lipinski definition) is 0. The van der Waals surface area contributed by atoms with Crippen LogP contribution in [0.3, 0.4) is 0 Å². The molecule has 7 nitrogen and oxygen atoms in total. The van der Waals surface area contributed by atoms with Gasteiger partial charge in [0.1, 0.15) is 5.71 Å². The van der Waals surface area contributed by atoms with Crippen LogP contribution < -0.4 is 0 Å². The van der Waals surface area contributed by atoms with Gasteiger partial charge in [0.05, 0.1) is 17.4 Å². The molecule has 28 heavy (non-hydrogen) atoms. The van der Waals surface area contributed by atoms with Crippen molar-refractivity contribution in [2.75, 3.05) is 20.1 Å². The van der Waals surface area contributed by atoms with E-state index in [-0.39, 0.29) is 11.8 Å². The number of benzene rings is 1. The summed E-state index contributed by atoms with van der Waals surface area (Å²) in [4.78, 5) is 30.7. The molecule has 0 aliphatic carbocycles. The maximum Gasteiger partial charge on any atom is 0.270 e. The van der Waals surface area contributed by atoms with Gasteiger partial charge in [-0.25, -0.2) is 9.99 Å². The van der Waals surface area contributed by atoms with Gasteiger partial charge in [0.2, 0.25) is 5.91 Å². The third-order valence-corrected chi connectivity index (χ3v) is 6.05. The monoisotopic (exact) mass is 381 g/mol. The maximum absolute atomic E-state index is 12.7. The number of nitrogens with zero attached hydrogens (tertiary/aromatic N) is 5. The number of aryl methyl sites for hydroxylation is 2. The highest BCUT2D eigenvalue weighted by Gasteiger charge is 2.29. The van der Waals surface area contributed by atoms with Gasteiger partial charge in [-0.1, -0.05) is 0 Å². The zero-order valence-electron chi connectivity index (χ0n) is 16.8. The number of aromatic nitrogens is 2. The van der Waals surface area contributed by atoms with Crippen molar-refractivity contribution in [2.24, 2.45) is 11.0 Å². The van der Waals surface area contributed by atoms with Gasteiger partial charge in [0, 0.05) is 39.5 Å². The van der Waals surface area contributed by atoms with Gasteiger partial charge in [-0.3, -0.25) is 9.59 Å². The lowest BCUT2D eigenvalue weighted by Gasteiger charge is -2.33. The van der Waals surface area contributed by atoms with Crippen LogP contribution in [0.4, 0.5) is 0 Å². The summed E-state index contributed by atoms with van der Waals surface area (Å²) >= 11 is 0. The fraction of sp³-hybridized carbons (Fsp3) is 0.524. The molecule has 2 amide bonds. The molecule has 2 aliphatic rings. The molecular weight excluding hydrogens is 354 g/mol. The number of fused-ring (bicyclic) bond motifs is 1. The Hall–Kier alpha value is -2.70. The van der Waals surface area contributed by atoms with Crippen LogP contribution >= 0.6 is 0 Å². The minimum Gasteiger partial charge on any atom is -0.338 e. The quantitative estimate of drug-likeness (QED) is 0.820. The highest BCUT2D eigenvalue weighted by molar-refractivity contribution is 6.39. The van der Waals surface area contributed by atoms with Crippen LogP contribution in [0.2, 0.25) is 0 Å². The summed E-state index contributed by atoms with van der Waals surface area (Å²) in [6.07, 6.45) is 4.69. The van der Waals surface area contributed by atoms with Gasteiger partial charge >= 0.3 is 0 Å². The molecule has 0 radical (unpaired) electrons. The van der Waals surface area contributed by atoms with E-state index in [1.54, 1.807) is 7.05 Å². The first kappa shape index (κ1) is 18.7. The van der Waals surface area contributed by atoms with Gasteiger partial charge in [-0.2, -0.15) is 5.10 Å². The largest absolute Gasteiger partial charge is 0.338 e. The number of imidazole rings is 1. The number of piperidine rings is 1. The topological polar surface area (TPSA) is 70.8 Å². The number of likely N-dealkylation sites (tertiary alicyclic amines) is 1. The predicted octanol–water partition coefficient (Wildman–Crippen LogP) is 2.50. The van der Waals surface area contributed by atoms with Crippen LogP contribution in [0.25, 0.3) is 11.0 Å². The second kappa shape index (κ2) is 7.37. The number of hydrogen-bond acceptors (Lipinski definition) is 4. The summed E-state index contributed by atoms with van der Waals surface area (Å²) in [5, 5.41) is 5.45. The van der Waals surface area contributed by atoms with Gasteiger partial charge in [0.25, 0.3) is 5.91 Å². The molecule has 0 spiro atoms. The molecule has 0 atom stereocenters. The van der Waals surface area contributed by atoms with E-state index in [1.807, 2.05) is 11.2 Å². The summed E-state index contributed by atoms with van der Waals surface area (Å²) < 4.78 is 2.25. The van der Waals surface area contributed by atoms with E-state index in [4.69, 9.17) is 0 Å². The molecule has 1 fully saturated rings. The van der Waals surface area contributed by atoms with E-state index >= 15 is 0 Å². The Bertz CT molecular complexity index is 953. The molecule has 0 N–H and O–H groups in total. The number of carbonyl (C=O) groups excluding carboxylic acids is 2. The zero-order valence-corrected chi connectivity index (χ0v) is 16.8. The van der Waals surface area contributed by atoms with Gasteiger partial charge < -0.3 is 9.47 Å². The molecule has 3 heterocycles. The van der Waals surface area contributed by atoms with Crippen molar-refractivity contribution >= 4 is 28.6 Å². The zero-order chi connectivity index (χ0) is 19.8. The van der Waals surface area contributed by atoms with Gasteiger partial charge in [0.15, 0.2) is 0 Å². The van der Waals surface area contributed by atoms with Crippen molar-refractivity contribution in [1.82, 2.24) is 19.5 Å². The molecule has 1 aromatic heterocycles. The number of hydrazone groups is 1. The average Bonchev–Trinajstić information content (AvgIpc) is 3.06. The molecule has 0 bridgehead atoms. The van der Waals surface area contributed by atoms with Crippen LogP contribution in [0.15, 0.2) is 23.6 Å². The second-order valence-electron chi connectivity index (χ2n) is 8.02. The molecule has 148 valence electrons. The normalized spacial score (nSPS) is 18.7.